The lowest BCUT2D eigenvalue weighted by atomic mass is 9.97. The van der Waals surface area contributed by atoms with Crippen LogP contribution >= 0.6 is 0 Å². The summed E-state index contributed by atoms with van der Waals surface area (Å²) in [5.74, 6) is -1.59. The minimum absolute atomic E-state index is 0.000484. The molecule has 1 heterocycles. The maximum Gasteiger partial charge on any atom is 0.303 e. The fourth-order valence-corrected chi connectivity index (χ4v) is 2.65. The number of aliphatic hydroxyl groups is 1. The molecular weight excluding hydrogens is 330 g/mol. The van der Waals surface area contributed by atoms with Gasteiger partial charge in [0.05, 0.1) is 19.3 Å². The minimum atomic E-state index is -1.03. The first-order chi connectivity index (χ1) is 11.9. The van der Waals surface area contributed by atoms with Crippen molar-refractivity contribution in [3.8, 4) is 0 Å². The molecule has 1 amide bonds. The number of nitrogens with one attached hydrogen (secondary N) is 1. The second kappa shape index (κ2) is 8.59. The van der Waals surface area contributed by atoms with E-state index in [0.717, 1.165) is 0 Å². The monoisotopic (exact) mass is 351 g/mol. The molecule has 4 atom stereocenters. The summed E-state index contributed by atoms with van der Waals surface area (Å²) in [5.41, 5.74) is 0.428. The van der Waals surface area contributed by atoms with Crippen LogP contribution in [0.25, 0.3) is 0 Å². The summed E-state index contributed by atoms with van der Waals surface area (Å²) in [6.45, 7) is 1.99. The summed E-state index contributed by atoms with van der Waals surface area (Å²) in [4.78, 5) is 35.2. The highest BCUT2D eigenvalue weighted by Gasteiger charge is 2.45. The number of ether oxygens (including phenoxy) is 3. The Hall–Kier alpha value is -2.45. The van der Waals surface area contributed by atoms with Crippen LogP contribution in [0, 0.1) is 0 Å². The van der Waals surface area contributed by atoms with Gasteiger partial charge in [-0.2, -0.15) is 0 Å². The largest absolute Gasteiger partial charge is 0.456 e. The molecule has 2 N–H and O–H groups in total. The lowest BCUT2D eigenvalue weighted by Crippen LogP contribution is -2.62. The molecule has 1 aromatic carbocycles. The van der Waals surface area contributed by atoms with Gasteiger partial charge in [0.25, 0.3) is 5.91 Å². The molecule has 0 spiro atoms. The van der Waals surface area contributed by atoms with Gasteiger partial charge >= 0.3 is 11.9 Å². The van der Waals surface area contributed by atoms with Crippen LogP contribution in [0.3, 0.4) is 0 Å². The first kappa shape index (κ1) is 18.9. The number of benzene rings is 1. The number of amides is 1. The van der Waals surface area contributed by atoms with Crippen molar-refractivity contribution < 1.29 is 33.7 Å². The SMILES string of the molecule is CC(=O)O[C@@H]1[C@H](NC(=O)c2ccccc2)COC(CO)[C@@H]1OC(C)=O. The van der Waals surface area contributed by atoms with E-state index >= 15 is 0 Å². The molecule has 25 heavy (non-hydrogen) atoms. The summed E-state index contributed by atoms with van der Waals surface area (Å²) in [7, 11) is 0. The predicted octanol–water partition coefficient (Wildman–Crippen LogP) is 0.0395. The summed E-state index contributed by atoms with van der Waals surface area (Å²) in [5, 5.41) is 12.2. The Bertz CT molecular complexity index is 619. The number of aliphatic hydroxyl groups excluding tert-OH is 1. The van der Waals surface area contributed by atoms with Gasteiger partial charge in [0, 0.05) is 19.4 Å². The Kier molecular flexibility index (Phi) is 6.49. The molecule has 1 aliphatic heterocycles. The summed E-state index contributed by atoms with van der Waals surface area (Å²) >= 11 is 0. The van der Waals surface area contributed by atoms with Gasteiger partial charge in [0.2, 0.25) is 0 Å². The number of rotatable bonds is 5. The zero-order valence-corrected chi connectivity index (χ0v) is 14.0. The molecule has 0 bridgehead atoms. The number of carbonyl (C=O) groups excluding carboxylic acids is 3. The Labute approximate surface area is 145 Å². The highest BCUT2D eigenvalue weighted by Crippen LogP contribution is 2.22. The van der Waals surface area contributed by atoms with Crippen LogP contribution in [-0.2, 0) is 23.8 Å². The zero-order valence-electron chi connectivity index (χ0n) is 14.0. The van der Waals surface area contributed by atoms with Crippen LogP contribution in [0.4, 0.5) is 0 Å². The Balaban J connectivity index is 2.20. The van der Waals surface area contributed by atoms with Crippen molar-refractivity contribution in [3.05, 3.63) is 35.9 Å². The van der Waals surface area contributed by atoms with Gasteiger partial charge in [-0.15, -0.1) is 0 Å². The van der Waals surface area contributed by atoms with Crippen molar-refractivity contribution >= 4 is 17.8 Å². The molecule has 136 valence electrons. The highest BCUT2D eigenvalue weighted by atomic mass is 16.6. The summed E-state index contributed by atoms with van der Waals surface area (Å²) in [6, 6.07) is 7.77. The van der Waals surface area contributed by atoms with Gasteiger partial charge in [0.1, 0.15) is 6.10 Å². The second-order valence-corrected chi connectivity index (χ2v) is 5.65. The highest BCUT2D eigenvalue weighted by molar-refractivity contribution is 5.94. The molecule has 0 radical (unpaired) electrons. The molecule has 1 aromatic rings. The smallest absolute Gasteiger partial charge is 0.303 e. The van der Waals surface area contributed by atoms with Gasteiger partial charge in [-0.1, -0.05) is 18.2 Å². The average molecular weight is 351 g/mol. The lowest BCUT2D eigenvalue weighted by molar-refractivity contribution is -0.203. The van der Waals surface area contributed by atoms with Crippen molar-refractivity contribution in [2.45, 2.75) is 38.2 Å². The second-order valence-electron chi connectivity index (χ2n) is 5.65. The van der Waals surface area contributed by atoms with Gasteiger partial charge in [-0.25, -0.2) is 0 Å². The Morgan fingerprint density at radius 1 is 1.12 bits per heavy atom. The van der Waals surface area contributed by atoms with Crippen LogP contribution in [0.1, 0.15) is 24.2 Å². The zero-order chi connectivity index (χ0) is 18.4. The number of hydrogen-bond donors (Lipinski definition) is 2. The average Bonchev–Trinajstić information content (AvgIpc) is 2.57. The third-order valence-electron chi connectivity index (χ3n) is 3.71. The minimum Gasteiger partial charge on any atom is -0.456 e. The van der Waals surface area contributed by atoms with Crippen molar-refractivity contribution in [1.29, 1.82) is 0 Å². The van der Waals surface area contributed by atoms with Crippen molar-refractivity contribution in [2.24, 2.45) is 0 Å². The molecule has 2 rings (SSSR count). The Morgan fingerprint density at radius 2 is 1.72 bits per heavy atom. The topological polar surface area (TPSA) is 111 Å². The molecular formula is C17H21NO7. The van der Waals surface area contributed by atoms with E-state index in [1.54, 1.807) is 30.3 Å². The van der Waals surface area contributed by atoms with Gasteiger partial charge in [-0.3, -0.25) is 14.4 Å². The first-order valence-corrected chi connectivity index (χ1v) is 7.85. The van der Waals surface area contributed by atoms with Crippen LogP contribution in [0.5, 0.6) is 0 Å². The maximum atomic E-state index is 12.4. The third kappa shape index (κ3) is 5.01. The van der Waals surface area contributed by atoms with Crippen molar-refractivity contribution in [2.75, 3.05) is 13.2 Å². The molecule has 0 aliphatic carbocycles. The van der Waals surface area contributed by atoms with Crippen LogP contribution in [-0.4, -0.2) is 60.5 Å². The first-order valence-electron chi connectivity index (χ1n) is 7.85. The van der Waals surface area contributed by atoms with E-state index < -0.39 is 42.9 Å². The van der Waals surface area contributed by atoms with Gasteiger partial charge < -0.3 is 24.6 Å². The van der Waals surface area contributed by atoms with Gasteiger partial charge in [-0.05, 0) is 12.1 Å². The van der Waals surface area contributed by atoms with Crippen LogP contribution in [0.2, 0.25) is 0 Å². The normalized spacial score (nSPS) is 25.7. The third-order valence-corrected chi connectivity index (χ3v) is 3.71. The standard InChI is InChI=1S/C17H21NO7/c1-10(20)24-15-13(18-17(22)12-6-4-3-5-7-12)9-23-14(8-19)16(15)25-11(2)21/h3-7,13-16,19H,8-9H2,1-2H3,(H,18,22)/t13-,14?,15-,16+/m1/s1. The quantitative estimate of drug-likeness (QED) is 0.721. The van der Waals surface area contributed by atoms with Crippen LogP contribution < -0.4 is 5.32 Å². The fourth-order valence-electron chi connectivity index (χ4n) is 2.65. The molecule has 1 saturated heterocycles. The molecule has 8 nitrogen and oxygen atoms in total. The molecule has 1 unspecified atom stereocenters. The molecule has 1 fully saturated rings. The molecule has 0 saturated carbocycles. The summed E-state index contributed by atoms with van der Waals surface area (Å²) < 4.78 is 15.9. The molecule has 1 aliphatic rings. The van der Waals surface area contributed by atoms with Crippen molar-refractivity contribution in [3.63, 3.8) is 0 Å². The predicted molar refractivity (Wildman–Crippen MR) is 85.6 cm³/mol. The summed E-state index contributed by atoms with van der Waals surface area (Å²) in [6.07, 6.45) is -2.85. The van der Waals surface area contributed by atoms with E-state index in [1.165, 1.54) is 13.8 Å². The van der Waals surface area contributed by atoms with Crippen LogP contribution in [0.15, 0.2) is 30.3 Å². The number of carbonyl (C=O) groups is 3. The fraction of sp³-hybridized carbons (Fsp3) is 0.471. The van der Waals surface area contributed by atoms with E-state index in [1.807, 2.05) is 0 Å². The number of hydrogen-bond acceptors (Lipinski definition) is 7. The lowest BCUT2D eigenvalue weighted by Gasteiger charge is -2.40. The van der Waals surface area contributed by atoms with Gasteiger partial charge in [0.15, 0.2) is 12.2 Å². The van der Waals surface area contributed by atoms with E-state index in [4.69, 9.17) is 14.2 Å². The van der Waals surface area contributed by atoms with Crippen molar-refractivity contribution in [1.82, 2.24) is 5.32 Å². The van der Waals surface area contributed by atoms with E-state index in [-0.39, 0.29) is 12.5 Å². The van der Waals surface area contributed by atoms with E-state index in [2.05, 4.69) is 5.32 Å². The number of esters is 2. The van der Waals surface area contributed by atoms with E-state index in [0.29, 0.717) is 5.56 Å². The molecule has 8 heteroatoms. The molecule has 0 aromatic heterocycles. The maximum absolute atomic E-state index is 12.4. The Morgan fingerprint density at radius 3 is 2.28 bits per heavy atom. The van der Waals surface area contributed by atoms with E-state index in [9.17, 15) is 19.5 Å².